The molecule has 21 heavy (non-hydrogen) atoms. The maximum atomic E-state index is 5.73. The molecule has 0 amide bonds. The molecule has 0 atom stereocenters. The van der Waals surface area contributed by atoms with E-state index in [1.54, 1.807) is 11.8 Å². The second-order valence-corrected chi connectivity index (χ2v) is 5.67. The molecule has 1 aromatic carbocycles. The van der Waals surface area contributed by atoms with Crippen molar-refractivity contribution in [2.24, 2.45) is 12.8 Å². The lowest BCUT2D eigenvalue weighted by Gasteiger charge is -2.08. The molecule has 0 unspecified atom stereocenters. The summed E-state index contributed by atoms with van der Waals surface area (Å²) >= 11 is 1.62. The molecular formula is C14H21ClN4OS. The third-order valence-corrected chi connectivity index (χ3v) is 4.15. The van der Waals surface area contributed by atoms with Crippen molar-refractivity contribution in [3.8, 4) is 5.75 Å². The number of benzene rings is 1. The highest BCUT2D eigenvalue weighted by molar-refractivity contribution is 7.99. The fourth-order valence-corrected chi connectivity index (χ4v) is 2.49. The maximum Gasteiger partial charge on any atom is 0.191 e. The zero-order chi connectivity index (χ0) is 14.5. The van der Waals surface area contributed by atoms with Crippen molar-refractivity contribution in [2.45, 2.75) is 25.5 Å². The van der Waals surface area contributed by atoms with Gasteiger partial charge in [0.25, 0.3) is 0 Å². The molecule has 0 saturated heterocycles. The zero-order valence-electron chi connectivity index (χ0n) is 12.5. The van der Waals surface area contributed by atoms with Gasteiger partial charge in [-0.3, -0.25) is 0 Å². The maximum absolute atomic E-state index is 5.73. The van der Waals surface area contributed by atoms with E-state index in [0.29, 0.717) is 13.2 Å². The van der Waals surface area contributed by atoms with Gasteiger partial charge in [0.15, 0.2) is 5.16 Å². The van der Waals surface area contributed by atoms with E-state index in [4.69, 9.17) is 10.5 Å². The van der Waals surface area contributed by atoms with Crippen LogP contribution in [0.4, 0.5) is 0 Å². The van der Waals surface area contributed by atoms with Crippen molar-refractivity contribution in [3.63, 3.8) is 0 Å². The summed E-state index contributed by atoms with van der Waals surface area (Å²) in [5.41, 5.74) is 8.09. The quantitative estimate of drug-likeness (QED) is 0.652. The van der Waals surface area contributed by atoms with Crippen molar-refractivity contribution in [3.05, 3.63) is 35.2 Å². The monoisotopic (exact) mass is 328 g/mol. The third-order valence-electron chi connectivity index (χ3n) is 3.17. The molecule has 2 aromatic rings. The summed E-state index contributed by atoms with van der Waals surface area (Å²) in [5, 5.41) is 8.99. The summed E-state index contributed by atoms with van der Waals surface area (Å²) < 4.78 is 7.65. The molecule has 0 fully saturated rings. The Morgan fingerprint density at radius 3 is 2.62 bits per heavy atom. The Labute approximate surface area is 135 Å². The van der Waals surface area contributed by atoms with E-state index >= 15 is 0 Å². The molecule has 0 aliphatic carbocycles. The van der Waals surface area contributed by atoms with Crippen LogP contribution in [0.1, 0.15) is 17.0 Å². The fraction of sp³-hybridized carbons (Fsp3) is 0.429. The van der Waals surface area contributed by atoms with Gasteiger partial charge in [-0.1, -0.05) is 17.8 Å². The van der Waals surface area contributed by atoms with E-state index in [9.17, 15) is 0 Å². The van der Waals surface area contributed by atoms with Crippen molar-refractivity contribution < 1.29 is 4.74 Å². The highest BCUT2D eigenvalue weighted by Gasteiger charge is 2.07. The van der Waals surface area contributed by atoms with Crippen LogP contribution in [0, 0.1) is 13.8 Å². The van der Waals surface area contributed by atoms with E-state index < -0.39 is 0 Å². The van der Waals surface area contributed by atoms with Gasteiger partial charge in [-0.05, 0) is 37.1 Å². The Morgan fingerprint density at radius 1 is 1.24 bits per heavy atom. The SMILES string of the molecule is Cc1ccc(OCCSc2nnc(CN)n2C)cc1C.Cl. The Kier molecular flexibility index (Phi) is 7.01. The number of aryl methyl sites for hydroxylation is 2. The smallest absolute Gasteiger partial charge is 0.191 e. The first-order valence-corrected chi connectivity index (χ1v) is 7.51. The number of nitrogens with zero attached hydrogens (tertiary/aromatic N) is 3. The molecule has 2 N–H and O–H groups in total. The largest absolute Gasteiger partial charge is 0.493 e. The molecule has 0 aliphatic heterocycles. The van der Waals surface area contributed by atoms with Crippen LogP contribution in [0.25, 0.3) is 0 Å². The summed E-state index contributed by atoms with van der Waals surface area (Å²) in [6, 6.07) is 6.14. The Hall–Kier alpha value is -1.24. The number of nitrogens with two attached hydrogens (primary N) is 1. The van der Waals surface area contributed by atoms with Crippen LogP contribution >= 0.6 is 24.2 Å². The highest BCUT2D eigenvalue weighted by atomic mass is 35.5. The highest BCUT2D eigenvalue weighted by Crippen LogP contribution is 2.18. The molecule has 0 aliphatic rings. The average molecular weight is 329 g/mol. The van der Waals surface area contributed by atoms with Gasteiger partial charge in [0.1, 0.15) is 11.6 Å². The van der Waals surface area contributed by atoms with Gasteiger partial charge in [0.2, 0.25) is 0 Å². The van der Waals surface area contributed by atoms with Crippen LogP contribution in [-0.2, 0) is 13.6 Å². The van der Waals surface area contributed by atoms with Gasteiger partial charge in [-0.15, -0.1) is 22.6 Å². The molecule has 0 radical (unpaired) electrons. The lowest BCUT2D eigenvalue weighted by Crippen LogP contribution is -2.06. The molecule has 0 bridgehead atoms. The number of thioether (sulfide) groups is 1. The van der Waals surface area contributed by atoms with Gasteiger partial charge in [-0.2, -0.15) is 0 Å². The molecule has 2 rings (SSSR count). The topological polar surface area (TPSA) is 66.0 Å². The summed E-state index contributed by atoms with van der Waals surface area (Å²) in [5.74, 6) is 2.53. The Morgan fingerprint density at radius 2 is 2.00 bits per heavy atom. The molecule has 1 heterocycles. The number of rotatable bonds is 6. The number of hydrogen-bond donors (Lipinski definition) is 1. The minimum absolute atomic E-state index is 0. The van der Waals surface area contributed by atoms with Crippen molar-refractivity contribution in [2.75, 3.05) is 12.4 Å². The Bertz CT molecular complexity index is 588. The number of aromatic nitrogens is 3. The van der Waals surface area contributed by atoms with E-state index in [1.165, 1.54) is 11.1 Å². The standard InChI is InChI=1S/C14H20N4OS.ClH/c1-10-4-5-12(8-11(10)2)19-6-7-20-14-17-16-13(9-15)18(14)3;/h4-5,8H,6-7,9,15H2,1-3H3;1H. The molecular weight excluding hydrogens is 308 g/mol. The molecule has 116 valence electrons. The summed E-state index contributed by atoms with van der Waals surface area (Å²) in [4.78, 5) is 0. The molecule has 0 spiro atoms. The first kappa shape index (κ1) is 17.8. The normalized spacial score (nSPS) is 10.3. The van der Waals surface area contributed by atoms with E-state index in [1.807, 2.05) is 17.7 Å². The van der Waals surface area contributed by atoms with Gasteiger partial charge < -0.3 is 15.0 Å². The summed E-state index contributed by atoms with van der Waals surface area (Å²) in [6.07, 6.45) is 0. The van der Waals surface area contributed by atoms with Crippen LogP contribution in [0.3, 0.4) is 0 Å². The zero-order valence-corrected chi connectivity index (χ0v) is 14.1. The van der Waals surface area contributed by atoms with Crippen LogP contribution in [0.15, 0.2) is 23.4 Å². The molecule has 0 saturated carbocycles. The number of ether oxygens (including phenoxy) is 1. The van der Waals surface area contributed by atoms with E-state index in [0.717, 1.165) is 22.5 Å². The van der Waals surface area contributed by atoms with Crippen LogP contribution in [-0.4, -0.2) is 27.1 Å². The van der Waals surface area contributed by atoms with Crippen molar-refractivity contribution >= 4 is 24.2 Å². The van der Waals surface area contributed by atoms with Crippen LogP contribution in [0.2, 0.25) is 0 Å². The molecule has 1 aromatic heterocycles. The third kappa shape index (κ3) is 4.62. The predicted octanol–water partition coefficient (Wildman–Crippen LogP) is 2.48. The summed E-state index contributed by atoms with van der Waals surface area (Å²) in [7, 11) is 1.93. The first-order valence-electron chi connectivity index (χ1n) is 6.53. The van der Waals surface area contributed by atoms with Crippen LogP contribution < -0.4 is 10.5 Å². The molecule has 7 heteroatoms. The lowest BCUT2D eigenvalue weighted by atomic mass is 10.1. The van der Waals surface area contributed by atoms with Crippen LogP contribution in [0.5, 0.6) is 5.75 Å². The number of hydrogen-bond acceptors (Lipinski definition) is 5. The Balaban J connectivity index is 0.00000220. The van der Waals surface area contributed by atoms with Crippen molar-refractivity contribution in [1.29, 1.82) is 0 Å². The van der Waals surface area contributed by atoms with Gasteiger partial charge in [0, 0.05) is 12.8 Å². The van der Waals surface area contributed by atoms with Crippen molar-refractivity contribution in [1.82, 2.24) is 14.8 Å². The van der Waals surface area contributed by atoms with Gasteiger partial charge in [-0.25, -0.2) is 0 Å². The summed E-state index contributed by atoms with van der Waals surface area (Å²) in [6.45, 7) is 5.23. The predicted molar refractivity (Wildman–Crippen MR) is 88.3 cm³/mol. The van der Waals surface area contributed by atoms with E-state index in [-0.39, 0.29) is 12.4 Å². The average Bonchev–Trinajstić information content (AvgIpc) is 2.79. The second-order valence-electron chi connectivity index (χ2n) is 4.60. The minimum Gasteiger partial charge on any atom is -0.493 e. The fourth-order valence-electron chi connectivity index (χ4n) is 1.74. The van der Waals surface area contributed by atoms with Gasteiger partial charge >= 0.3 is 0 Å². The number of halogens is 1. The van der Waals surface area contributed by atoms with E-state index in [2.05, 4.69) is 36.2 Å². The minimum atomic E-state index is 0. The lowest BCUT2D eigenvalue weighted by molar-refractivity contribution is 0.343. The molecule has 5 nitrogen and oxygen atoms in total. The second kappa shape index (κ2) is 8.26. The first-order chi connectivity index (χ1) is 9.61. The van der Waals surface area contributed by atoms with Gasteiger partial charge in [0.05, 0.1) is 13.2 Å².